The number of para-hydroxylation sites is 2. The van der Waals surface area contributed by atoms with Gasteiger partial charge in [-0.25, -0.2) is 14.7 Å². The van der Waals surface area contributed by atoms with Crippen LogP contribution in [-0.2, 0) is 9.59 Å². The summed E-state index contributed by atoms with van der Waals surface area (Å²) in [5.41, 5.74) is 3.60. The van der Waals surface area contributed by atoms with E-state index in [4.69, 9.17) is 4.74 Å². The van der Waals surface area contributed by atoms with Crippen molar-refractivity contribution in [3.63, 3.8) is 0 Å². The van der Waals surface area contributed by atoms with E-state index >= 15 is 0 Å². The van der Waals surface area contributed by atoms with E-state index < -0.39 is 17.8 Å². The number of hydrogen-bond acceptors (Lipinski definition) is 5. The molecule has 1 N–H and O–H groups in total. The summed E-state index contributed by atoms with van der Waals surface area (Å²) in [6.07, 6.45) is 3.24. The van der Waals surface area contributed by atoms with Crippen LogP contribution in [0.4, 0.5) is 10.5 Å². The Hall–Kier alpha value is -4.20. The summed E-state index contributed by atoms with van der Waals surface area (Å²) in [6, 6.07) is 11.6. The monoisotopic (exact) mass is 444 g/mol. The maximum absolute atomic E-state index is 13.3. The van der Waals surface area contributed by atoms with Crippen LogP contribution in [0.5, 0.6) is 5.75 Å². The molecule has 1 aliphatic heterocycles. The van der Waals surface area contributed by atoms with E-state index in [1.165, 1.54) is 6.08 Å². The zero-order valence-corrected chi connectivity index (χ0v) is 18.9. The number of aromatic nitrogens is 2. The molecular formula is C25H24N4O4. The van der Waals surface area contributed by atoms with Crippen molar-refractivity contribution in [1.29, 1.82) is 0 Å². The number of urea groups is 1. The second kappa shape index (κ2) is 8.74. The molecule has 168 valence electrons. The number of imide groups is 2. The maximum atomic E-state index is 13.3. The molecule has 3 heterocycles. The number of amides is 4. The van der Waals surface area contributed by atoms with Crippen LogP contribution in [0.1, 0.15) is 29.4 Å². The van der Waals surface area contributed by atoms with Crippen LogP contribution in [0.25, 0.3) is 11.9 Å². The van der Waals surface area contributed by atoms with Gasteiger partial charge >= 0.3 is 6.03 Å². The SMILES string of the molecule is CCOc1ccccc1N1C(=O)NC(=O)/C(=C\c2cc(C)n(-c3cc(C)ccn3)c2C)C1=O. The van der Waals surface area contributed by atoms with Gasteiger partial charge in [0, 0.05) is 17.6 Å². The van der Waals surface area contributed by atoms with Gasteiger partial charge in [0.2, 0.25) is 0 Å². The summed E-state index contributed by atoms with van der Waals surface area (Å²) in [6.45, 7) is 7.97. The number of hydrogen-bond donors (Lipinski definition) is 1. The van der Waals surface area contributed by atoms with Crippen molar-refractivity contribution in [2.24, 2.45) is 0 Å². The van der Waals surface area contributed by atoms with E-state index in [0.717, 1.165) is 27.7 Å². The summed E-state index contributed by atoms with van der Waals surface area (Å²) in [4.78, 5) is 43.9. The second-order valence-corrected chi connectivity index (χ2v) is 7.71. The molecule has 0 aliphatic carbocycles. The van der Waals surface area contributed by atoms with E-state index in [-0.39, 0.29) is 11.3 Å². The lowest BCUT2D eigenvalue weighted by Crippen LogP contribution is -2.54. The number of ether oxygens (including phenoxy) is 1. The quantitative estimate of drug-likeness (QED) is 0.476. The van der Waals surface area contributed by atoms with E-state index in [9.17, 15) is 14.4 Å². The Labute approximate surface area is 191 Å². The van der Waals surface area contributed by atoms with Crippen molar-refractivity contribution < 1.29 is 19.1 Å². The van der Waals surface area contributed by atoms with Crippen LogP contribution in [0.2, 0.25) is 0 Å². The molecule has 0 bridgehead atoms. The lowest BCUT2D eigenvalue weighted by Gasteiger charge is -2.27. The highest BCUT2D eigenvalue weighted by atomic mass is 16.5. The van der Waals surface area contributed by atoms with Crippen LogP contribution < -0.4 is 15.0 Å². The third kappa shape index (κ3) is 4.03. The molecule has 4 rings (SSSR count). The molecule has 8 heteroatoms. The standard InChI is InChI=1S/C25H24N4O4/c1-5-33-21-9-7-6-8-20(21)29-24(31)19(23(30)27-25(29)32)14-18-13-16(3)28(17(18)4)22-12-15(2)10-11-26-22/h6-14H,5H2,1-4H3,(H,27,30,32)/b19-14+. The van der Waals surface area contributed by atoms with E-state index in [1.54, 1.807) is 30.5 Å². The number of barbiturate groups is 1. The first-order valence-electron chi connectivity index (χ1n) is 10.6. The molecule has 1 aromatic carbocycles. The van der Waals surface area contributed by atoms with Crippen LogP contribution in [0.3, 0.4) is 0 Å². The fourth-order valence-corrected chi connectivity index (χ4v) is 3.88. The van der Waals surface area contributed by atoms with Gasteiger partial charge in [-0.2, -0.15) is 0 Å². The Kier molecular flexibility index (Phi) is 5.83. The predicted octanol–water partition coefficient (Wildman–Crippen LogP) is 3.86. The number of benzene rings is 1. The fraction of sp³-hybridized carbons (Fsp3) is 0.200. The number of carbonyl (C=O) groups is 3. The Morgan fingerprint density at radius 2 is 1.82 bits per heavy atom. The van der Waals surface area contributed by atoms with Gasteiger partial charge in [-0.3, -0.25) is 14.9 Å². The Bertz CT molecular complexity index is 1310. The molecule has 2 aromatic heterocycles. The third-order valence-electron chi connectivity index (χ3n) is 5.41. The van der Waals surface area contributed by atoms with E-state index in [1.807, 2.05) is 50.5 Å². The molecule has 0 radical (unpaired) electrons. The number of nitrogens with zero attached hydrogens (tertiary/aromatic N) is 3. The lowest BCUT2D eigenvalue weighted by molar-refractivity contribution is -0.122. The number of pyridine rings is 1. The highest BCUT2D eigenvalue weighted by Crippen LogP contribution is 2.31. The van der Waals surface area contributed by atoms with Gasteiger partial charge in [0.1, 0.15) is 17.1 Å². The van der Waals surface area contributed by atoms with Crippen molar-refractivity contribution in [1.82, 2.24) is 14.9 Å². The Morgan fingerprint density at radius 1 is 1.06 bits per heavy atom. The first-order chi connectivity index (χ1) is 15.8. The molecule has 0 unspecified atom stereocenters. The van der Waals surface area contributed by atoms with Gasteiger partial charge < -0.3 is 9.30 Å². The Morgan fingerprint density at radius 3 is 2.55 bits per heavy atom. The summed E-state index contributed by atoms with van der Waals surface area (Å²) >= 11 is 0. The predicted molar refractivity (Wildman–Crippen MR) is 124 cm³/mol. The van der Waals surface area contributed by atoms with Gasteiger partial charge in [0.25, 0.3) is 11.8 Å². The average Bonchev–Trinajstić information content (AvgIpc) is 3.05. The molecule has 1 fully saturated rings. The molecule has 4 amide bonds. The third-order valence-corrected chi connectivity index (χ3v) is 5.41. The van der Waals surface area contributed by atoms with Crippen LogP contribution in [0.15, 0.2) is 54.2 Å². The smallest absolute Gasteiger partial charge is 0.336 e. The zero-order valence-electron chi connectivity index (χ0n) is 18.9. The minimum absolute atomic E-state index is 0.140. The molecule has 33 heavy (non-hydrogen) atoms. The minimum Gasteiger partial charge on any atom is -0.492 e. The lowest BCUT2D eigenvalue weighted by atomic mass is 10.1. The molecule has 1 aliphatic rings. The molecule has 0 atom stereocenters. The van der Waals surface area contributed by atoms with Crippen LogP contribution >= 0.6 is 0 Å². The van der Waals surface area contributed by atoms with Gasteiger partial charge in [-0.05, 0) is 75.2 Å². The van der Waals surface area contributed by atoms with Gasteiger partial charge in [-0.15, -0.1) is 0 Å². The maximum Gasteiger partial charge on any atom is 0.336 e. The molecule has 3 aromatic rings. The second-order valence-electron chi connectivity index (χ2n) is 7.71. The van der Waals surface area contributed by atoms with Crippen molar-refractivity contribution >= 4 is 29.6 Å². The van der Waals surface area contributed by atoms with Crippen molar-refractivity contribution in [2.45, 2.75) is 27.7 Å². The number of anilines is 1. The highest BCUT2D eigenvalue weighted by Gasteiger charge is 2.38. The van der Waals surface area contributed by atoms with Crippen molar-refractivity contribution in [2.75, 3.05) is 11.5 Å². The molecule has 0 saturated carbocycles. The fourth-order valence-electron chi connectivity index (χ4n) is 3.88. The Balaban J connectivity index is 1.77. The zero-order chi connectivity index (χ0) is 23.7. The van der Waals surface area contributed by atoms with E-state index in [0.29, 0.717) is 17.9 Å². The summed E-state index contributed by atoms with van der Waals surface area (Å²) < 4.78 is 7.53. The normalized spacial score (nSPS) is 15.2. The molecule has 0 spiro atoms. The molecule has 1 saturated heterocycles. The number of nitrogens with one attached hydrogen (secondary N) is 1. The largest absolute Gasteiger partial charge is 0.492 e. The number of carbonyl (C=O) groups excluding carboxylic acids is 3. The van der Waals surface area contributed by atoms with E-state index in [2.05, 4.69) is 10.3 Å². The van der Waals surface area contributed by atoms with Crippen molar-refractivity contribution in [3.8, 4) is 11.6 Å². The van der Waals surface area contributed by atoms with Crippen LogP contribution in [0, 0.1) is 20.8 Å². The topological polar surface area (TPSA) is 93.5 Å². The van der Waals surface area contributed by atoms with Gasteiger partial charge in [-0.1, -0.05) is 12.1 Å². The van der Waals surface area contributed by atoms with Gasteiger partial charge in [0.15, 0.2) is 0 Å². The van der Waals surface area contributed by atoms with Crippen molar-refractivity contribution in [3.05, 3.63) is 76.7 Å². The average molecular weight is 444 g/mol. The summed E-state index contributed by atoms with van der Waals surface area (Å²) in [5, 5.41) is 2.26. The summed E-state index contributed by atoms with van der Waals surface area (Å²) in [7, 11) is 0. The molecule has 8 nitrogen and oxygen atoms in total. The first-order valence-corrected chi connectivity index (χ1v) is 10.6. The first kappa shape index (κ1) is 22.0. The van der Waals surface area contributed by atoms with Crippen LogP contribution in [-0.4, -0.2) is 34.0 Å². The summed E-state index contributed by atoms with van der Waals surface area (Å²) in [5.74, 6) is -0.333. The van der Waals surface area contributed by atoms with Gasteiger partial charge in [0.05, 0.1) is 12.3 Å². The highest BCUT2D eigenvalue weighted by molar-refractivity contribution is 6.39. The number of aryl methyl sites for hydroxylation is 2. The molecular weight excluding hydrogens is 420 g/mol. The minimum atomic E-state index is -0.816. The number of rotatable bonds is 5.